The van der Waals surface area contributed by atoms with Gasteiger partial charge >= 0.3 is 0 Å². The fourth-order valence-corrected chi connectivity index (χ4v) is 3.10. The molecule has 23 heavy (non-hydrogen) atoms. The number of likely N-dealkylation sites (N-methyl/N-ethyl adjacent to an activating group) is 2. The first-order chi connectivity index (χ1) is 11.1. The summed E-state index contributed by atoms with van der Waals surface area (Å²) in [5.74, 6) is 2.36. The number of benzene rings is 1. The normalized spacial score (nSPS) is 18.9. The van der Waals surface area contributed by atoms with E-state index < -0.39 is 6.04 Å². The van der Waals surface area contributed by atoms with Crippen molar-refractivity contribution in [3.05, 3.63) is 35.9 Å². The van der Waals surface area contributed by atoms with E-state index in [9.17, 15) is 9.59 Å². The van der Waals surface area contributed by atoms with E-state index in [4.69, 9.17) is 6.42 Å². The van der Waals surface area contributed by atoms with E-state index in [0.717, 1.165) is 18.4 Å². The third-order valence-electron chi connectivity index (χ3n) is 4.23. The first-order valence-corrected chi connectivity index (χ1v) is 7.81. The van der Waals surface area contributed by atoms with Gasteiger partial charge in [0.05, 0.1) is 12.6 Å². The van der Waals surface area contributed by atoms with Gasteiger partial charge in [0.25, 0.3) is 0 Å². The average Bonchev–Trinajstić information content (AvgIpc) is 3.04. The van der Waals surface area contributed by atoms with Crippen molar-refractivity contribution in [2.75, 3.05) is 27.2 Å². The molecule has 2 rings (SSSR count). The molecule has 0 aliphatic carbocycles. The Morgan fingerprint density at radius 3 is 2.74 bits per heavy atom. The SMILES string of the molecule is C#CCN(C)C(=O)[C@@H]1CCCN1[C@@H](C(=O)NC)c1ccccc1. The molecule has 1 aromatic carbocycles. The Morgan fingerprint density at radius 2 is 2.13 bits per heavy atom. The van der Waals surface area contributed by atoms with Crippen molar-refractivity contribution >= 4 is 11.8 Å². The number of rotatable bonds is 5. The maximum absolute atomic E-state index is 12.6. The molecule has 1 saturated heterocycles. The van der Waals surface area contributed by atoms with E-state index in [-0.39, 0.29) is 24.4 Å². The van der Waals surface area contributed by atoms with Gasteiger partial charge in [-0.3, -0.25) is 14.5 Å². The van der Waals surface area contributed by atoms with Crippen LogP contribution in [0.2, 0.25) is 0 Å². The van der Waals surface area contributed by atoms with Crippen LogP contribution in [0.25, 0.3) is 0 Å². The molecule has 1 N–H and O–H groups in total. The van der Waals surface area contributed by atoms with E-state index in [1.165, 1.54) is 0 Å². The second-order valence-electron chi connectivity index (χ2n) is 5.72. The summed E-state index contributed by atoms with van der Waals surface area (Å²) in [6.45, 7) is 0.992. The number of nitrogens with one attached hydrogen (secondary N) is 1. The monoisotopic (exact) mass is 313 g/mol. The molecule has 1 heterocycles. The van der Waals surface area contributed by atoms with Gasteiger partial charge in [-0.25, -0.2) is 0 Å². The Kier molecular flexibility index (Phi) is 5.78. The van der Waals surface area contributed by atoms with Crippen LogP contribution < -0.4 is 5.32 Å². The summed E-state index contributed by atoms with van der Waals surface area (Å²) in [5, 5.41) is 2.72. The van der Waals surface area contributed by atoms with Crippen molar-refractivity contribution in [2.45, 2.75) is 24.9 Å². The molecule has 122 valence electrons. The minimum absolute atomic E-state index is 0.0229. The summed E-state index contributed by atoms with van der Waals surface area (Å²) in [6, 6.07) is 8.80. The Hall–Kier alpha value is -2.32. The van der Waals surface area contributed by atoms with Crippen molar-refractivity contribution in [1.82, 2.24) is 15.1 Å². The highest BCUT2D eigenvalue weighted by Crippen LogP contribution is 2.30. The standard InChI is InChI=1S/C18H23N3O2/c1-4-12-20(3)18(23)15-11-8-13-21(15)16(17(22)19-2)14-9-6-5-7-10-14/h1,5-7,9-10,15-16H,8,11-13H2,2-3H3,(H,19,22)/t15-,16+/m0/s1. The molecular formula is C18H23N3O2. The highest BCUT2D eigenvalue weighted by atomic mass is 16.2. The molecule has 5 heteroatoms. The number of hydrogen-bond donors (Lipinski definition) is 1. The molecule has 2 atom stereocenters. The third-order valence-corrected chi connectivity index (χ3v) is 4.23. The lowest BCUT2D eigenvalue weighted by atomic mass is 10.0. The number of likely N-dealkylation sites (tertiary alicyclic amines) is 1. The highest BCUT2D eigenvalue weighted by molar-refractivity contribution is 5.86. The summed E-state index contributed by atoms with van der Waals surface area (Å²) >= 11 is 0. The van der Waals surface area contributed by atoms with Gasteiger partial charge in [0, 0.05) is 20.6 Å². The summed E-state index contributed by atoms with van der Waals surface area (Å²) < 4.78 is 0. The van der Waals surface area contributed by atoms with Gasteiger partial charge in [-0.05, 0) is 18.4 Å². The largest absolute Gasteiger partial charge is 0.358 e. The lowest BCUT2D eigenvalue weighted by Gasteiger charge is -2.33. The Morgan fingerprint density at radius 1 is 1.43 bits per heavy atom. The summed E-state index contributed by atoms with van der Waals surface area (Å²) in [6.07, 6.45) is 6.93. The molecule has 1 fully saturated rings. The number of carbonyl (C=O) groups excluding carboxylic acids is 2. The number of nitrogens with zero attached hydrogens (tertiary/aromatic N) is 2. The van der Waals surface area contributed by atoms with E-state index in [1.807, 2.05) is 35.2 Å². The van der Waals surface area contributed by atoms with E-state index in [2.05, 4.69) is 11.2 Å². The van der Waals surface area contributed by atoms with Gasteiger partial charge in [-0.2, -0.15) is 0 Å². The molecule has 0 bridgehead atoms. The van der Waals surface area contributed by atoms with Gasteiger partial charge in [0.1, 0.15) is 6.04 Å². The maximum atomic E-state index is 12.6. The van der Waals surface area contributed by atoms with Crippen LogP contribution in [-0.4, -0.2) is 54.8 Å². The summed E-state index contributed by atoms with van der Waals surface area (Å²) in [4.78, 5) is 28.6. The Balaban J connectivity index is 2.29. The van der Waals surface area contributed by atoms with Crippen molar-refractivity contribution in [2.24, 2.45) is 0 Å². The van der Waals surface area contributed by atoms with Crippen molar-refractivity contribution < 1.29 is 9.59 Å². The van der Waals surface area contributed by atoms with Crippen LogP contribution >= 0.6 is 0 Å². The summed E-state index contributed by atoms with van der Waals surface area (Å²) in [5.41, 5.74) is 0.895. The van der Waals surface area contributed by atoms with Crippen LogP contribution in [0, 0.1) is 12.3 Å². The van der Waals surface area contributed by atoms with E-state index in [1.54, 1.807) is 19.0 Å². The molecule has 0 aromatic heterocycles. The molecule has 1 aromatic rings. The average molecular weight is 313 g/mol. The zero-order valence-corrected chi connectivity index (χ0v) is 13.7. The molecule has 1 aliphatic rings. The minimum atomic E-state index is -0.461. The number of hydrogen-bond acceptors (Lipinski definition) is 3. The minimum Gasteiger partial charge on any atom is -0.358 e. The second-order valence-corrected chi connectivity index (χ2v) is 5.72. The summed E-state index contributed by atoms with van der Waals surface area (Å²) in [7, 11) is 3.33. The Labute approximate surface area is 137 Å². The molecule has 5 nitrogen and oxygen atoms in total. The Bertz CT molecular complexity index is 594. The molecule has 0 saturated carbocycles. The van der Waals surface area contributed by atoms with Crippen molar-refractivity contribution in [1.29, 1.82) is 0 Å². The first-order valence-electron chi connectivity index (χ1n) is 7.81. The number of terminal acetylenes is 1. The lowest BCUT2D eigenvalue weighted by molar-refractivity contribution is -0.137. The maximum Gasteiger partial charge on any atom is 0.241 e. The topological polar surface area (TPSA) is 52.7 Å². The van der Waals surface area contributed by atoms with Gasteiger partial charge in [-0.15, -0.1) is 6.42 Å². The number of carbonyl (C=O) groups is 2. The molecule has 0 spiro atoms. The number of amides is 2. The fraction of sp³-hybridized carbons (Fsp3) is 0.444. The van der Waals surface area contributed by atoms with Gasteiger partial charge in [-0.1, -0.05) is 36.3 Å². The first kappa shape index (κ1) is 17.0. The van der Waals surface area contributed by atoms with Crippen LogP contribution in [0.5, 0.6) is 0 Å². The molecule has 2 amide bonds. The van der Waals surface area contributed by atoms with E-state index >= 15 is 0 Å². The fourth-order valence-electron chi connectivity index (χ4n) is 3.10. The van der Waals surface area contributed by atoms with Crippen LogP contribution in [0.1, 0.15) is 24.4 Å². The van der Waals surface area contributed by atoms with Crippen LogP contribution in [0.3, 0.4) is 0 Å². The van der Waals surface area contributed by atoms with Crippen LogP contribution in [-0.2, 0) is 9.59 Å². The van der Waals surface area contributed by atoms with E-state index in [0.29, 0.717) is 6.54 Å². The molecular weight excluding hydrogens is 290 g/mol. The zero-order valence-electron chi connectivity index (χ0n) is 13.7. The van der Waals surface area contributed by atoms with Gasteiger partial charge < -0.3 is 10.2 Å². The second kappa shape index (κ2) is 7.80. The molecule has 0 radical (unpaired) electrons. The smallest absolute Gasteiger partial charge is 0.241 e. The predicted molar refractivity (Wildman–Crippen MR) is 89.4 cm³/mol. The zero-order chi connectivity index (χ0) is 16.8. The van der Waals surface area contributed by atoms with Crippen molar-refractivity contribution in [3.63, 3.8) is 0 Å². The molecule has 0 unspecified atom stereocenters. The predicted octanol–water partition coefficient (Wildman–Crippen LogP) is 1.03. The van der Waals surface area contributed by atoms with Crippen LogP contribution in [0.4, 0.5) is 0 Å². The highest BCUT2D eigenvalue weighted by Gasteiger charge is 2.39. The quantitative estimate of drug-likeness (QED) is 0.826. The van der Waals surface area contributed by atoms with Gasteiger partial charge in [0.15, 0.2) is 0 Å². The third kappa shape index (κ3) is 3.72. The van der Waals surface area contributed by atoms with Gasteiger partial charge in [0.2, 0.25) is 11.8 Å². The van der Waals surface area contributed by atoms with Crippen molar-refractivity contribution in [3.8, 4) is 12.3 Å². The van der Waals surface area contributed by atoms with Crippen LogP contribution in [0.15, 0.2) is 30.3 Å². The molecule has 1 aliphatic heterocycles. The lowest BCUT2D eigenvalue weighted by Crippen LogP contribution is -2.48.